The molecule has 0 bridgehead atoms. The maximum absolute atomic E-state index is 11.1. The average Bonchev–Trinajstić information content (AvgIpc) is 2.50. The minimum absolute atomic E-state index is 0.373. The van der Waals surface area contributed by atoms with Crippen LogP contribution in [0.15, 0.2) is 12.5 Å². The molecule has 0 aliphatic rings. The molecule has 0 spiro atoms. The maximum atomic E-state index is 11.1. The molecule has 3 heteroatoms. The van der Waals surface area contributed by atoms with Crippen molar-refractivity contribution in [1.29, 1.82) is 0 Å². The monoisotopic (exact) mass is 326 g/mol. The third-order valence-electron chi connectivity index (χ3n) is 4.22. The van der Waals surface area contributed by atoms with Gasteiger partial charge in [-0.05, 0) is 13.0 Å². The molecule has 0 saturated carbocycles. The van der Waals surface area contributed by atoms with Gasteiger partial charge in [-0.25, -0.2) is 0 Å². The molecule has 1 N–H and O–H groups in total. The van der Waals surface area contributed by atoms with Gasteiger partial charge in [0.15, 0.2) is 0 Å². The van der Waals surface area contributed by atoms with Gasteiger partial charge in [-0.15, -0.1) is 0 Å². The molecular formula is C20H38O3. The number of carbonyl (C=O) groups is 1. The van der Waals surface area contributed by atoms with Gasteiger partial charge in [0.05, 0.1) is 0 Å². The maximum Gasteiger partial charge on any atom is 0.313 e. The molecule has 0 aromatic heterocycles. The first-order chi connectivity index (χ1) is 11.2. The number of aliphatic hydroxyl groups is 1. The standard InChI is InChI=1S/C20H38O3/c1-3-4-5-6-7-8-9-10-11-12-13-14-15-16-17-18-20(22)23-19(2)21/h21H,2-18H2,1H3. The molecule has 0 aromatic rings. The lowest BCUT2D eigenvalue weighted by Gasteiger charge is -2.03. The molecule has 0 radical (unpaired) electrons. The molecule has 0 atom stereocenters. The second-order valence-electron chi connectivity index (χ2n) is 6.57. The van der Waals surface area contributed by atoms with Crippen LogP contribution >= 0.6 is 0 Å². The van der Waals surface area contributed by atoms with Gasteiger partial charge in [0.1, 0.15) is 0 Å². The molecule has 0 saturated heterocycles. The summed E-state index contributed by atoms with van der Waals surface area (Å²) in [5.41, 5.74) is 0. The molecule has 136 valence electrons. The van der Waals surface area contributed by atoms with Gasteiger partial charge in [0.2, 0.25) is 0 Å². The van der Waals surface area contributed by atoms with E-state index in [1.165, 1.54) is 83.5 Å². The van der Waals surface area contributed by atoms with E-state index >= 15 is 0 Å². The Hall–Kier alpha value is -0.990. The Kier molecular flexibility index (Phi) is 16.6. The number of unbranched alkanes of at least 4 members (excludes halogenated alkanes) is 14. The third kappa shape index (κ3) is 19.0. The summed E-state index contributed by atoms with van der Waals surface area (Å²) in [6, 6.07) is 0. The van der Waals surface area contributed by atoms with Crippen molar-refractivity contribution in [3.05, 3.63) is 12.5 Å². The van der Waals surface area contributed by atoms with E-state index in [4.69, 9.17) is 5.11 Å². The molecule has 0 aliphatic carbocycles. The first-order valence-electron chi connectivity index (χ1n) is 9.75. The highest BCUT2D eigenvalue weighted by Crippen LogP contribution is 2.13. The van der Waals surface area contributed by atoms with Crippen LogP contribution in [-0.4, -0.2) is 11.1 Å². The van der Waals surface area contributed by atoms with Gasteiger partial charge in [-0.1, -0.05) is 96.8 Å². The lowest BCUT2D eigenvalue weighted by Crippen LogP contribution is -2.02. The van der Waals surface area contributed by atoms with E-state index < -0.39 is 5.95 Å². The summed E-state index contributed by atoms with van der Waals surface area (Å²) >= 11 is 0. The smallest absolute Gasteiger partial charge is 0.313 e. The highest BCUT2D eigenvalue weighted by Gasteiger charge is 2.03. The summed E-state index contributed by atoms with van der Waals surface area (Å²) in [7, 11) is 0. The molecule has 0 amide bonds. The molecular weight excluding hydrogens is 288 g/mol. The van der Waals surface area contributed by atoms with Crippen molar-refractivity contribution in [2.75, 3.05) is 0 Å². The molecule has 0 rings (SSSR count). The summed E-state index contributed by atoms with van der Waals surface area (Å²) in [4.78, 5) is 11.1. The zero-order chi connectivity index (χ0) is 17.2. The SMILES string of the molecule is C=C(O)OC(=O)CCCCCCCCCCCCCCCCC. The first-order valence-corrected chi connectivity index (χ1v) is 9.75. The number of hydrogen-bond acceptors (Lipinski definition) is 3. The second kappa shape index (κ2) is 17.4. The fourth-order valence-corrected chi connectivity index (χ4v) is 2.82. The van der Waals surface area contributed by atoms with E-state index in [-0.39, 0.29) is 5.97 Å². The fourth-order valence-electron chi connectivity index (χ4n) is 2.82. The Morgan fingerprint density at radius 3 is 1.43 bits per heavy atom. The topological polar surface area (TPSA) is 46.5 Å². The van der Waals surface area contributed by atoms with Crippen LogP contribution in [0.1, 0.15) is 110 Å². The second-order valence-corrected chi connectivity index (χ2v) is 6.57. The lowest BCUT2D eigenvalue weighted by atomic mass is 10.0. The number of carbonyl (C=O) groups excluding carboxylic acids is 1. The van der Waals surface area contributed by atoms with E-state index in [1.54, 1.807) is 0 Å². The molecule has 23 heavy (non-hydrogen) atoms. The van der Waals surface area contributed by atoms with Gasteiger partial charge in [-0.2, -0.15) is 0 Å². The van der Waals surface area contributed by atoms with Crippen molar-refractivity contribution in [2.45, 2.75) is 110 Å². The van der Waals surface area contributed by atoms with Crippen molar-refractivity contribution in [2.24, 2.45) is 0 Å². The van der Waals surface area contributed by atoms with Gasteiger partial charge in [0, 0.05) is 6.42 Å². The highest BCUT2D eigenvalue weighted by atomic mass is 16.6. The van der Waals surface area contributed by atoms with Crippen LogP contribution in [0.25, 0.3) is 0 Å². The lowest BCUT2D eigenvalue weighted by molar-refractivity contribution is -0.143. The van der Waals surface area contributed by atoms with Gasteiger partial charge < -0.3 is 9.84 Å². The summed E-state index contributed by atoms with van der Waals surface area (Å²) in [5.74, 6) is -0.886. The van der Waals surface area contributed by atoms with Crippen LogP contribution in [0.4, 0.5) is 0 Å². The van der Waals surface area contributed by atoms with Crippen molar-refractivity contribution >= 4 is 5.97 Å². The molecule has 0 fully saturated rings. The molecule has 0 heterocycles. The number of hydrogen-bond donors (Lipinski definition) is 1. The van der Waals surface area contributed by atoms with Crippen molar-refractivity contribution in [3.63, 3.8) is 0 Å². The van der Waals surface area contributed by atoms with Crippen molar-refractivity contribution in [3.8, 4) is 0 Å². The number of rotatable bonds is 17. The van der Waals surface area contributed by atoms with Gasteiger partial charge >= 0.3 is 5.97 Å². The van der Waals surface area contributed by atoms with E-state index in [0.717, 1.165) is 12.8 Å². The van der Waals surface area contributed by atoms with Gasteiger partial charge in [-0.3, -0.25) is 4.79 Å². The van der Waals surface area contributed by atoms with E-state index in [2.05, 4.69) is 18.2 Å². The number of esters is 1. The summed E-state index contributed by atoms with van der Waals surface area (Å²) < 4.78 is 4.49. The van der Waals surface area contributed by atoms with Crippen LogP contribution < -0.4 is 0 Å². The van der Waals surface area contributed by atoms with Crippen LogP contribution in [0.3, 0.4) is 0 Å². The van der Waals surface area contributed by atoms with E-state index in [0.29, 0.717) is 6.42 Å². The van der Waals surface area contributed by atoms with Crippen molar-refractivity contribution in [1.82, 2.24) is 0 Å². The average molecular weight is 327 g/mol. The van der Waals surface area contributed by atoms with Gasteiger partial charge in [0.25, 0.3) is 5.95 Å². The minimum Gasteiger partial charge on any atom is -0.481 e. The van der Waals surface area contributed by atoms with Crippen LogP contribution in [0, 0.1) is 0 Å². The van der Waals surface area contributed by atoms with Crippen LogP contribution in [0.5, 0.6) is 0 Å². The normalized spacial score (nSPS) is 10.7. The number of aliphatic hydroxyl groups excluding tert-OH is 1. The predicted octanol–water partition coefficient (Wildman–Crippen LogP) is 6.82. The summed E-state index contributed by atoms with van der Waals surface area (Å²) in [6.45, 7) is 5.40. The predicted molar refractivity (Wildman–Crippen MR) is 97.4 cm³/mol. The zero-order valence-corrected chi connectivity index (χ0v) is 15.3. The zero-order valence-electron chi connectivity index (χ0n) is 15.3. The molecule has 0 unspecified atom stereocenters. The largest absolute Gasteiger partial charge is 0.481 e. The van der Waals surface area contributed by atoms with Crippen LogP contribution in [-0.2, 0) is 9.53 Å². The number of ether oxygens (including phenoxy) is 1. The Morgan fingerprint density at radius 2 is 1.09 bits per heavy atom. The first kappa shape index (κ1) is 22.0. The Bertz CT molecular complexity index is 287. The quantitative estimate of drug-likeness (QED) is 0.181. The third-order valence-corrected chi connectivity index (χ3v) is 4.22. The summed E-state index contributed by atoms with van der Waals surface area (Å²) in [6.07, 6.45) is 20.0. The van der Waals surface area contributed by atoms with Crippen LogP contribution in [0.2, 0.25) is 0 Å². The molecule has 0 aliphatic heterocycles. The Labute approximate surface area is 143 Å². The molecule has 0 aromatic carbocycles. The summed E-state index contributed by atoms with van der Waals surface area (Å²) in [5, 5.41) is 8.71. The van der Waals surface area contributed by atoms with E-state index in [1.807, 2.05) is 0 Å². The minimum atomic E-state index is -0.504. The Balaban J connectivity index is 3.08. The van der Waals surface area contributed by atoms with Crippen molar-refractivity contribution < 1.29 is 14.6 Å². The molecule has 3 nitrogen and oxygen atoms in total. The fraction of sp³-hybridized carbons (Fsp3) is 0.850. The van der Waals surface area contributed by atoms with E-state index in [9.17, 15) is 4.79 Å². The Morgan fingerprint density at radius 1 is 0.739 bits per heavy atom. The highest BCUT2D eigenvalue weighted by molar-refractivity contribution is 5.70.